The van der Waals surface area contributed by atoms with Gasteiger partial charge in [0.2, 0.25) is 6.79 Å². The molecule has 7 rings (SSSR count). The van der Waals surface area contributed by atoms with Crippen LogP contribution in [0.15, 0.2) is 72.8 Å². The molecule has 4 atom stereocenters. The van der Waals surface area contributed by atoms with E-state index >= 15 is 0 Å². The van der Waals surface area contributed by atoms with Crippen molar-refractivity contribution in [3.8, 4) is 40.9 Å². The van der Waals surface area contributed by atoms with Gasteiger partial charge < -0.3 is 35.1 Å². The van der Waals surface area contributed by atoms with Crippen molar-refractivity contribution in [2.24, 2.45) is 5.92 Å². The summed E-state index contributed by atoms with van der Waals surface area (Å²) in [4.78, 5) is 0. The van der Waals surface area contributed by atoms with Crippen LogP contribution >= 0.6 is 23.2 Å². The zero-order valence-corrected chi connectivity index (χ0v) is 33.2. The molecule has 0 radical (unpaired) electrons. The summed E-state index contributed by atoms with van der Waals surface area (Å²) in [6.45, 7) is 2.79. The SMILES string of the molecule is C.CN[C@H]1CC[C@@H](c2ccc(Cl)c(Cl)c2)c2ccc(C#CCCCO)cc21.OCCCC#Cc1cc2c(cc1OC[C@@H]1CNCC[C@H]1c1ccc(F)cc1)OCO2. The van der Waals surface area contributed by atoms with Crippen LogP contribution in [-0.2, 0) is 0 Å². The number of piperidine rings is 1. The Hall–Kier alpha value is -4.25. The van der Waals surface area contributed by atoms with Gasteiger partial charge >= 0.3 is 0 Å². The highest BCUT2D eigenvalue weighted by atomic mass is 35.5. The van der Waals surface area contributed by atoms with Crippen LogP contribution in [0.25, 0.3) is 0 Å². The van der Waals surface area contributed by atoms with Gasteiger partial charge in [0, 0.05) is 68.2 Å². The predicted octanol–water partition coefficient (Wildman–Crippen LogP) is 9.39. The summed E-state index contributed by atoms with van der Waals surface area (Å²) in [5.41, 5.74) is 6.76. The number of halogens is 3. The van der Waals surface area contributed by atoms with E-state index < -0.39 is 0 Å². The minimum atomic E-state index is -0.217. The molecule has 3 aliphatic rings. The van der Waals surface area contributed by atoms with E-state index in [-0.39, 0.29) is 39.2 Å². The molecule has 10 heteroatoms. The molecule has 0 spiro atoms. The Bertz CT molecular complexity index is 2060. The van der Waals surface area contributed by atoms with E-state index in [4.69, 9.17) is 47.6 Å². The Morgan fingerprint density at radius 2 is 1.54 bits per heavy atom. The average Bonchev–Trinajstić information content (AvgIpc) is 3.69. The summed E-state index contributed by atoms with van der Waals surface area (Å²) in [6.07, 6.45) is 5.80. The zero-order chi connectivity index (χ0) is 39.3. The lowest BCUT2D eigenvalue weighted by Crippen LogP contribution is -2.38. The summed E-state index contributed by atoms with van der Waals surface area (Å²) in [5.74, 6) is 15.2. The molecule has 2 aliphatic heterocycles. The maximum Gasteiger partial charge on any atom is 0.231 e. The first kappa shape index (κ1) is 43.9. The van der Waals surface area contributed by atoms with E-state index in [2.05, 4.69) is 58.6 Å². The molecule has 4 aromatic rings. The van der Waals surface area contributed by atoms with E-state index in [1.54, 1.807) is 0 Å². The number of benzene rings is 4. The van der Waals surface area contributed by atoms with E-state index in [1.807, 2.05) is 43.4 Å². The first-order valence-corrected chi connectivity index (χ1v) is 20.1. The Morgan fingerprint density at radius 3 is 2.26 bits per heavy atom. The summed E-state index contributed by atoms with van der Waals surface area (Å²) >= 11 is 12.3. The van der Waals surface area contributed by atoms with Gasteiger partial charge in [-0.25, -0.2) is 4.39 Å². The van der Waals surface area contributed by atoms with Crippen LogP contribution in [0.1, 0.15) is 104 Å². The molecule has 57 heavy (non-hydrogen) atoms. The molecule has 1 fully saturated rings. The number of nitrogens with one attached hydrogen (secondary N) is 2. The summed E-state index contributed by atoms with van der Waals surface area (Å²) < 4.78 is 30.5. The van der Waals surface area contributed by atoms with Crippen LogP contribution in [0, 0.1) is 35.4 Å². The van der Waals surface area contributed by atoms with Crippen molar-refractivity contribution < 1.29 is 28.8 Å². The predicted molar refractivity (Wildman–Crippen MR) is 227 cm³/mol. The van der Waals surface area contributed by atoms with Crippen molar-refractivity contribution in [2.45, 2.75) is 70.3 Å². The zero-order valence-electron chi connectivity index (χ0n) is 31.7. The van der Waals surface area contributed by atoms with Gasteiger partial charge in [0.25, 0.3) is 0 Å². The van der Waals surface area contributed by atoms with Crippen molar-refractivity contribution in [1.82, 2.24) is 10.6 Å². The third kappa shape index (κ3) is 11.7. The first-order chi connectivity index (χ1) is 27.4. The van der Waals surface area contributed by atoms with Gasteiger partial charge in [0.05, 0.1) is 22.2 Å². The van der Waals surface area contributed by atoms with E-state index in [1.165, 1.54) is 28.8 Å². The number of aliphatic hydroxyl groups excluding tert-OH is 2. The van der Waals surface area contributed by atoms with Crippen LogP contribution < -0.4 is 24.8 Å². The Labute approximate surface area is 347 Å². The van der Waals surface area contributed by atoms with Gasteiger partial charge in [-0.3, -0.25) is 0 Å². The Morgan fingerprint density at radius 1 is 0.825 bits per heavy atom. The maximum atomic E-state index is 13.3. The second-order valence-corrected chi connectivity index (χ2v) is 15.0. The fourth-order valence-electron chi connectivity index (χ4n) is 7.53. The number of hydrogen-bond acceptors (Lipinski definition) is 7. The molecule has 4 N–H and O–H groups in total. The number of aliphatic hydroxyl groups is 2. The molecular formula is C47H53Cl2FN2O5. The standard InChI is InChI=1S/C24H26FNO4.C22H23Cl2NO.CH4/c25-20-7-5-17(6-8-20)21-9-10-26-14-19(21)15-28-22-13-24-23(29-16-30-24)12-18(22)4-2-1-3-11-27;1-25-22-11-9-17(16-7-10-20(23)21(24)14-16)18-8-6-15(13-19(18)22)5-3-2-4-12-26;/h5-8,12-13,19,21,26-27H,1,3,9-11,14-16H2;6-8,10,13-14,17,22,25-26H,2,4,9,11-12H2,1H3;1H4/t19-,21-;17-,22-;/m00./s1. The van der Waals surface area contributed by atoms with Crippen LogP contribution in [0.5, 0.6) is 17.2 Å². The Balaban J connectivity index is 0.000000216. The van der Waals surface area contributed by atoms with Gasteiger partial charge in [0.1, 0.15) is 11.6 Å². The monoisotopic (exact) mass is 814 g/mol. The van der Waals surface area contributed by atoms with Crippen molar-refractivity contribution >= 4 is 23.2 Å². The molecule has 0 bridgehead atoms. The lowest BCUT2D eigenvalue weighted by Gasteiger charge is -2.32. The molecule has 7 nitrogen and oxygen atoms in total. The molecule has 1 aliphatic carbocycles. The van der Waals surface area contributed by atoms with Gasteiger partial charge in [-0.05, 0) is 110 Å². The van der Waals surface area contributed by atoms with Gasteiger partial charge in [-0.15, -0.1) is 0 Å². The van der Waals surface area contributed by atoms with Crippen LogP contribution in [0.4, 0.5) is 4.39 Å². The smallest absolute Gasteiger partial charge is 0.231 e. The van der Waals surface area contributed by atoms with Gasteiger partial charge in [0.15, 0.2) is 11.5 Å². The highest BCUT2D eigenvalue weighted by molar-refractivity contribution is 6.42. The highest BCUT2D eigenvalue weighted by Gasteiger charge is 2.29. The Kier molecular flexibility index (Phi) is 17.0. The third-order valence-electron chi connectivity index (χ3n) is 10.5. The van der Waals surface area contributed by atoms with Crippen molar-refractivity contribution in [2.75, 3.05) is 46.8 Å². The fourth-order valence-corrected chi connectivity index (χ4v) is 7.84. The topological polar surface area (TPSA) is 92.2 Å². The lowest BCUT2D eigenvalue weighted by molar-refractivity contribution is 0.173. The van der Waals surface area contributed by atoms with Crippen LogP contribution in [0.3, 0.4) is 0 Å². The van der Waals surface area contributed by atoms with Crippen LogP contribution in [-0.4, -0.2) is 57.0 Å². The van der Waals surface area contributed by atoms with E-state index in [0.29, 0.717) is 64.6 Å². The second-order valence-electron chi connectivity index (χ2n) is 14.2. The summed E-state index contributed by atoms with van der Waals surface area (Å²) in [5, 5.41) is 25.9. The number of ether oxygens (including phenoxy) is 3. The molecule has 2 heterocycles. The molecular weight excluding hydrogens is 762 g/mol. The molecule has 0 amide bonds. The lowest BCUT2D eigenvalue weighted by atomic mass is 9.76. The van der Waals surface area contributed by atoms with E-state index in [0.717, 1.165) is 61.9 Å². The quantitative estimate of drug-likeness (QED) is 0.0937. The van der Waals surface area contributed by atoms with Crippen LogP contribution in [0.2, 0.25) is 10.0 Å². The normalized spacial score (nSPS) is 19.0. The summed E-state index contributed by atoms with van der Waals surface area (Å²) in [7, 11) is 2.01. The largest absolute Gasteiger partial charge is 0.492 e. The highest BCUT2D eigenvalue weighted by Crippen LogP contribution is 2.43. The molecule has 1 saturated heterocycles. The average molecular weight is 816 g/mol. The molecule has 0 aromatic heterocycles. The van der Waals surface area contributed by atoms with Gasteiger partial charge in [-0.1, -0.05) is 78.6 Å². The number of hydrogen-bond donors (Lipinski definition) is 4. The number of fused-ring (bicyclic) bond motifs is 2. The van der Waals surface area contributed by atoms with E-state index in [9.17, 15) is 4.39 Å². The number of rotatable bonds is 10. The minimum absolute atomic E-state index is 0. The third-order valence-corrected chi connectivity index (χ3v) is 11.2. The second kappa shape index (κ2) is 22.0. The molecule has 0 saturated carbocycles. The number of unbranched alkanes of at least 4 members (excludes halogenated alkanes) is 2. The molecule has 302 valence electrons. The maximum absolute atomic E-state index is 13.3. The van der Waals surface area contributed by atoms with Crippen molar-refractivity contribution in [3.63, 3.8) is 0 Å². The molecule has 4 aromatic carbocycles. The van der Waals surface area contributed by atoms with Gasteiger partial charge in [-0.2, -0.15) is 0 Å². The van der Waals surface area contributed by atoms with Crippen molar-refractivity contribution in [3.05, 3.63) is 122 Å². The minimum Gasteiger partial charge on any atom is -0.492 e. The first-order valence-electron chi connectivity index (χ1n) is 19.4. The molecule has 0 unspecified atom stereocenters. The van der Waals surface area contributed by atoms with Crippen molar-refractivity contribution in [1.29, 1.82) is 0 Å². The summed E-state index contributed by atoms with van der Waals surface area (Å²) in [6, 6.07) is 23.2. The fraction of sp³-hybridized carbons (Fsp3) is 0.404.